The SMILES string of the molecule is COc1ccccc1-c1nc2n(n1)C1(Nc3ccccc3-2)C(=O)Nc2ccc(Br)cc21. The first-order valence-corrected chi connectivity index (χ1v) is 10.5. The fourth-order valence-electron chi connectivity index (χ4n) is 4.29. The molecular weight excluding hydrogens is 458 g/mol. The molecule has 0 saturated carbocycles. The minimum Gasteiger partial charge on any atom is -0.496 e. The van der Waals surface area contributed by atoms with E-state index in [4.69, 9.17) is 14.8 Å². The summed E-state index contributed by atoms with van der Waals surface area (Å²) in [4.78, 5) is 18.3. The number of ether oxygens (including phenoxy) is 1. The monoisotopic (exact) mass is 473 g/mol. The van der Waals surface area contributed by atoms with Crippen LogP contribution in [0.3, 0.4) is 0 Å². The summed E-state index contributed by atoms with van der Waals surface area (Å²) in [5.41, 5.74) is 2.71. The largest absolute Gasteiger partial charge is 0.496 e. The fraction of sp³-hybridized carbons (Fsp3) is 0.0870. The number of carbonyl (C=O) groups excluding carboxylic acids is 1. The molecule has 6 rings (SSSR count). The summed E-state index contributed by atoms with van der Waals surface area (Å²) < 4.78 is 8.08. The van der Waals surface area contributed by atoms with Crippen molar-refractivity contribution in [3.63, 3.8) is 0 Å². The maximum absolute atomic E-state index is 13.5. The Kier molecular flexibility index (Phi) is 3.76. The highest BCUT2D eigenvalue weighted by atomic mass is 79.9. The van der Waals surface area contributed by atoms with E-state index in [9.17, 15) is 4.79 Å². The van der Waals surface area contributed by atoms with Gasteiger partial charge >= 0.3 is 0 Å². The predicted octanol–water partition coefficient (Wildman–Crippen LogP) is 4.46. The number of para-hydroxylation sites is 2. The van der Waals surface area contributed by atoms with E-state index >= 15 is 0 Å². The van der Waals surface area contributed by atoms with Crippen molar-refractivity contribution in [2.75, 3.05) is 17.7 Å². The van der Waals surface area contributed by atoms with E-state index in [-0.39, 0.29) is 5.91 Å². The van der Waals surface area contributed by atoms with Gasteiger partial charge in [-0.15, -0.1) is 5.10 Å². The second kappa shape index (κ2) is 6.42. The molecule has 8 heteroatoms. The van der Waals surface area contributed by atoms with E-state index in [0.29, 0.717) is 17.4 Å². The van der Waals surface area contributed by atoms with Gasteiger partial charge in [0.05, 0.1) is 12.7 Å². The number of carbonyl (C=O) groups is 1. The van der Waals surface area contributed by atoms with Crippen LogP contribution in [0.1, 0.15) is 5.56 Å². The van der Waals surface area contributed by atoms with Crippen molar-refractivity contribution in [3.8, 4) is 28.5 Å². The summed E-state index contributed by atoms with van der Waals surface area (Å²) in [6.07, 6.45) is 0. The molecule has 0 saturated heterocycles. The van der Waals surface area contributed by atoms with Gasteiger partial charge in [-0.3, -0.25) is 4.79 Å². The molecule has 2 N–H and O–H groups in total. The van der Waals surface area contributed by atoms with Gasteiger partial charge in [0.25, 0.3) is 5.91 Å². The first-order chi connectivity index (χ1) is 15.1. The highest BCUT2D eigenvalue weighted by molar-refractivity contribution is 9.10. The molecule has 0 aliphatic carbocycles. The molecule has 1 atom stereocenters. The number of methoxy groups -OCH3 is 1. The van der Waals surface area contributed by atoms with Crippen LogP contribution in [-0.4, -0.2) is 27.8 Å². The standard InChI is InChI=1S/C23H16BrN5O2/c1-31-19-9-5-3-7-15(19)20-26-21-14-6-2-4-8-17(14)27-23(29(21)28-20)16-12-13(24)10-11-18(16)25-22(23)30/h2-12,27H,1H3,(H,25,30). The molecule has 2 aliphatic rings. The van der Waals surface area contributed by atoms with Gasteiger partial charge < -0.3 is 15.4 Å². The van der Waals surface area contributed by atoms with Crippen LogP contribution in [0.4, 0.5) is 11.4 Å². The number of amides is 1. The second-order valence-electron chi connectivity index (χ2n) is 7.40. The van der Waals surface area contributed by atoms with Gasteiger partial charge in [-0.25, -0.2) is 9.67 Å². The molecule has 152 valence electrons. The van der Waals surface area contributed by atoms with Crippen LogP contribution < -0.4 is 15.4 Å². The van der Waals surface area contributed by atoms with Gasteiger partial charge in [0.1, 0.15) is 5.75 Å². The number of benzene rings is 3. The van der Waals surface area contributed by atoms with Crippen LogP contribution in [0.15, 0.2) is 71.2 Å². The van der Waals surface area contributed by atoms with E-state index in [2.05, 4.69) is 26.6 Å². The Hall–Kier alpha value is -3.65. The average Bonchev–Trinajstić information content (AvgIpc) is 3.35. The van der Waals surface area contributed by atoms with Crippen LogP contribution in [0, 0.1) is 0 Å². The third kappa shape index (κ3) is 2.42. The van der Waals surface area contributed by atoms with Crippen molar-refractivity contribution in [2.24, 2.45) is 0 Å². The van der Waals surface area contributed by atoms with Gasteiger partial charge in [-0.05, 0) is 42.5 Å². The van der Waals surface area contributed by atoms with Gasteiger partial charge in [0.15, 0.2) is 11.6 Å². The summed E-state index contributed by atoms with van der Waals surface area (Å²) >= 11 is 3.54. The number of nitrogens with one attached hydrogen (secondary N) is 2. The van der Waals surface area contributed by atoms with Crippen LogP contribution in [0.5, 0.6) is 5.75 Å². The van der Waals surface area contributed by atoms with Gasteiger partial charge in [0.2, 0.25) is 5.66 Å². The zero-order valence-corrected chi connectivity index (χ0v) is 18.0. The maximum atomic E-state index is 13.5. The highest BCUT2D eigenvalue weighted by Crippen LogP contribution is 2.47. The number of fused-ring (bicyclic) bond motifs is 6. The van der Waals surface area contributed by atoms with Crippen molar-refractivity contribution in [1.82, 2.24) is 14.8 Å². The molecule has 2 aliphatic heterocycles. The molecule has 3 aromatic carbocycles. The van der Waals surface area contributed by atoms with Crippen LogP contribution in [0.2, 0.25) is 0 Å². The van der Waals surface area contributed by atoms with E-state index < -0.39 is 5.66 Å². The quantitative estimate of drug-likeness (QED) is 0.449. The number of halogens is 1. The minimum atomic E-state index is -1.25. The van der Waals surface area contributed by atoms with Gasteiger partial charge in [-0.2, -0.15) is 0 Å². The molecule has 7 nitrogen and oxygen atoms in total. The molecule has 31 heavy (non-hydrogen) atoms. The van der Waals surface area contributed by atoms with E-state index in [1.165, 1.54) is 0 Å². The molecule has 3 heterocycles. The lowest BCUT2D eigenvalue weighted by atomic mass is 9.96. The third-order valence-electron chi connectivity index (χ3n) is 5.70. The maximum Gasteiger partial charge on any atom is 0.278 e. The Labute approximate surface area is 186 Å². The first-order valence-electron chi connectivity index (χ1n) is 9.72. The molecule has 0 radical (unpaired) electrons. The van der Waals surface area contributed by atoms with Gasteiger partial charge in [-0.1, -0.05) is 40.2 Å². The third-order valence-corrected chi connectivity index (χ3v) is 6.20. The number of hydrogen-bond donors (Lipinski definition) is 2. The van der Waals surface area contributed by atoms with Crippen molar-refractivity contribution in [2.45, 2.75) is 5.66 Å². The molecule has 1 amide bonds. The Morgan fingerprint density at radius 2 is 1.77 bits per heavy atom. The van der Waals surface area contributed by atoms with Crippen LogP contribution >= 0.6 is 15.9 Å². The Morgan fingerprint density at radius 1 is 1.00 bits per heavy atom. The van der Waals surface area contributed by atoms with Crippen molar-refractivity contribution < 1.29 is 9.53 Å². The Balaban J connectivity index is 1.67. The lowest BCUT2D eigenvalue weighted by Gasteiger charge is -2.35. The average molecular weight is 474 g/mol. The van der Waals surface area contributed by atoms with Crippen molar-refractivity contribution in [3.05, 3.63) is 76.8 Å². The topological polar surface area (TPSA) is 81.1 Å². The molecule has 0 fully saturated rings. The predicted molar refractivity (Wildman–Crippen MR) is 121 cm³/mol. The first kappa shape index (κ1) is 18.1. The molecule has 1 aromatic heterocycles. The zero-order valence-electron chi connectivity index (χ0n) is 16.4. The normalized spacial score (nSPS) is 18.1. The number of rotatable bonds is 2. The Bertz CT molecular complexity index is 1380. The van der Waals surface area contributed by atoms with Crippen LogP contribution in [0.25, 0.3) is 22.8 Å². The van der Waals surface area contributed by atoms with E-state index in [0.717, 1.165) is 32.5 Å². The smallest absolute Gasteiger partial charge is 0.278 e. The molecule has 0 bridgehead atoms. The van der Waals surface area contributed by atoms with E-state index in [1.54, 1.807) is 11.8 Å². The number of nitrogens with zero attached hydrogens (tertiary/aromatic N) is 3. The summed E-state index contributed by atoms with van der Waals surface area (Å²) in [7, 11) is 1.62. The lowest BCUT2D eigenvalue weighted by Crippen LogP contribution is -2.51. The summed E-state index contributed by atoms with van der Waals surface area (Å²) in [5.74, 6) is 1.55. The molecule has 4 aromatic rings. The number of anilines is 2. The summed E-state index contributed by atoms with van der Waals surface area (Å²) in [6, 6.07) is 21.1. The molecular formula is C23H16BrN5O2. The lowest BCUT2D eigenvalue weighted by molar-refractivity contribution is -0.121. The fourth-order valence-corrected chi connectivity index (χ4v) is 4.65. The highest BCUT2D eigenvalue weighted by Gasteiger charge is 2.53. The van der Waals surface area contributed by atoms with Crippen LogP contribution in [-0.2, 0) is 10.5 Å². The van der Waals surface area contributed by atoms with Gasteiger partial charge in [0, 0.05) is 27.0 Å². The zero-order chi connectivity index (χ0) is 21.2. The molecule has 1 spiro atoms. The van der Waals surface area contributed by atoms with Crippen molar-refractivity contribution in [1.29, 1.82) is 0 Å². The van der Waals surface area contributed by atoms with Crippen molar-refractivity contribution >= 4 is 33.2 Å². The Morgan fingerprint density at radius 3 is 2.61 bits per heavy atom. The number of aromatic nitrogens is 3. The minimum absolute atomic E-state index is 0.215. The number of hydrogen-bond acceptors (Lipinski definition) is 5. The summed E-state index contributed by atoms with van der Waals surface area (Å²) in [5, 5.41) is 11.3. The second-order valence-corrected chi connectivity index (χ2v) is 8.31. The summed E-state index contributed by atoms with van der Waals surface area (Å²) in [6.45, 7) is 0. The molecule has 1 unspecified atom stereocenters. The van der Waals surface area contributed by atoms with E-state index in [1.807, 2.05) is 66.7 Å².